The van der Waals surface area contributed by atoms with Crippen LogP contribution in [-0.2, 0) is 20.9 Å². The Hall–Kier alpha value is -3.49. The van der Waals surface area contributed by atoms with Crippen molar-refractivity contribution in [2.24, 2.45) is 5.41 Å². The van der Waals surface area contributed by atoms with Crippen LogP contribution in [0.2, 0.25) is 0 Å². The number of hydrogen-bond acceptors (Lipinski definition) is 6. The number of alkyl carbamates (subject to hydrolysis) is 1. The van der Waals surface area contributed by atoms with E-state index in [0.717, 1.165) is 29.7 Å². The van der Waals surface area contributed by atoms with Crippen LogP contribution in [0.25, 0.3) is 11.3 Å². The molecule has 3 aromatic rings. The van der Waals surface area contributed by atoms with Crippen molar-refractivity contribution in [2.75, 3.05) is 0 Å². The smallest absolute Gasteiger partial charge is 0.408 e. The molecule has 1 saturated heterocycles. The van der Waals surface area contributed by atoms with Crippen molar-refractivity contribution in [1.29, 1.82) is 0 Å². The van der Waals surface area contributed by atoms with E-state index in [4.69, 9.17) is 9.57 Å². The highest BCUT2D eigenvalue weighted by molar-refractivity contribution is 5.91. The number of nitrogens with one attached hydrogen (secondary N) is 1. The molecule has 1 fully saturated rings. The number of rotatable bonds is 12. The first kappa shape index (κ1) is 28.5. The summed E-state index contributed by atoms with van der Waals surface area (Å²) in [5, 5.41) is 4.53. The van der Waals surface area contributed by atoms with Crippen LogP contribution >= 0.6 is 0 Å². The third-order valence-electron chi connectivity index (χ3n) is 7.09. The Labute approximate surface area is 231 Å². The van der Waals surface area contributed by atoms with Gasteiger partial charge in [0.15, 0.2) is 0 Å². The summed E-state index contributed by atoms with van der Waals surface area (Å²) in [7, 11) is 0. The summed E-state index contributed by atoms with van der Waals surface area (Å²) in [5.41, 5.74) is 2.61. The van der Waals surface area contributed by atoms with Crippen LogP contribution < -0.4 is 5.32 Å². The van der Waals surface area contributed by atoms with Gasteiger partial charge in [-0.25, -0.2) is 9.78 Å². The van der Waals surface area contributed by atoms with Crippen LogP contribution in [0.3, 0.4) is 0 Å². The van der Waals surface area contributed by atoms with Crippen molar-refractivity contribution < 1.29 is 19.2 Å². The molecule has 1 aromatic heterocycles. The molecule has 39 heavy (non-hydrogen) atoms. The van der Waals surface area contributed by atoms with Crippen LogP contribution in [0.1, 0.15) is 65.5 Å². The summed E-state index contributed by atoms with van der Waals surface area (Å²) >= 11 is 0. The molecule has 0 spiro atoms. The number of ether oxygens (including phenoxy) is 1. The fourth-order valence-corrected chi connectivity index (χ4v) is 4.51. The highest BCUT2D eigenvalue weighted by atomic mass is 16.8. The van der Waals surface area contributed by atoms with E-state index in [0.29, 0.717) is 13.0 Å². The van der Waals surface area contributed by atoms with Crippen molar-refractivity contribution in [2.45, 2.75) is 84.8 Å². The lowest BCUT2D eigenvalue weighted by Crippen LogP contribution is -2.46. The standard InChI is InChI=1S/C31H40N4O4/c1-6-7-18-25(28(36)29-35(39-29)22(2)23-14-10-8-11-15-23)33-30(37)38-27(31(3,4)5)20-34-19-26(32-21-34)24-16-12-9-13-17-24/h8-17,19,21-22,25,27,29H,6-7,18,20H2,1-5H3,(H,33,37)/t22-,25+,27+,29?,35?/m1/s1. The topological polar surface area (TPSA) is 88.8 Å². The number of imidazole rings is 1. The molecule has 0 aliphatic carbocycles. The Kier molecular flexibility index (Phi) is 9.20. The Morgan fingerprint density at radius 1 is 1.08 bits per heavy atom. The molecule has 1 aliphatic heterocycles. The number of amides is 1. The second-order valence-electron chi connectivity index (χ2n) is 11.2. The SMILES string of the molecule is CCCC[C@H](NC(=O)O[C@@H](Cn1cnc(-c2ccccc2)c1)C(C)(C)C)C(=O)C1ON1[C@H](C)c1ccccc1. The van der Waals surface area contributed by atoms with Crippen molar-refractivity contribution >= 4 is 11.9 Å². The Morgan fingerprint density at radius 2 is 1.74 bits per heavy atom. The van der Waals surface area contributed by atoms with E-state index < -0.39 is 24.5 Å². The molecule has 0 radical (unpaired) electrons. The molecule has 0 bridgehead atoms. The van der Waals surface area contributed by atoms with Crippen LogP contribution in [-0.4, -0.2) is 44.9 Å². The van der Waals surface area contributed by atoms with E-state index in [-0.39, 0.29) is 17.2 Å². The normalized spacial score (nSPS) is 19.1. The fraction of sp³-hybridized carbons (Fsp3) is 0.452. The van der Waals surface area contributed by atoms with Crippen LogP contribution in [0.4, 0.5) is 4.79 Å². The van der Waals surface area contributed by atoms with Crippen molar-refractivity contribution in [3.05, 3.63) is 78.8 Å². The zero-order valence-electron chi connectivity index (χ0n) is 23.5. The van der Waals surface area contributed by atoms with Crippen molar-refractivity contribution in [3.8, 4) is 11.3 Å². The monoisotopic (exact) mass is 532 g/mol. The molecule has 4 rings (SSSR count). The second-order valence-corrected chi connectivity index (χ2v) is 11.2. The first-order chi connectivity index (χ1) is 18.7. The summed E-state index contributed by atoms with van der Waals surface area (Å²) in [6.07, 6.45) is 4.23. The predicted molar refractivity (Wildman–Crippen MR) is 150 cm³/mol. The molecule has 208 valence electrons. The largest absolute Gasteiger partial charge is 0.444 e. The van der Waals surface area contributed by atoms with Gasteiger partial charge in [-0.2, -0.15) is 0 Å². The van der Waals surface area contributed by atoms with Gasteiger partial charge in [-0.05, 0) is 18.9 Å². The molecule has 8 heteroatoms. The highest BCUT2D eigenvalue weighted by Gasteiger charge is 2.49. The van der Waals surface area contributed by atoms with E-state index in [1.54, 1.807) is 11.4 Å². The van der Waals surface area contributed by atoms with Gasteiger partial charge in [-0.15, -0.1) is 5.06 Å². The van der Waals surface area contributed by atoms with E-state index in [9.17, 15) is 9.59 Å². The third kappa shape index (κ3) is 7.55. The molecule has 1 N–H and O–H groups in total. The average Bonchev–Trinajstić information content (AvgIpc) is 3.60. The molecular formula is C31H40N4O4. The number of carbonyl (C=O) groups excluding carboxylic acids is 2. The molecule has 1 aliphatic rings. The lowest BCUT2D eigenvalue weighted by molar-refractivity contribution is -0.122. The minimum atomic E-state index is -0.686. The number of nitrogens with zero attached hydrogens (tertiary/aromatic N) is 3. The van der Waals surface area contributed by atoms with E-state index in [1.807, 2.05) is 99.1 Å². The van der Waals surface area contributed by atoms with Crippen LogP contribution in [0.15, 0.2) is 73.2 Å². The van der Waals surface area contributed by atoms with Gasteiger partial charge in [0.1, 0.15) is 6.10 Å². The zero-order valence-corrected chi connectivity index (χ0v) is 23.5. The van der Waals surface area contributed by atoms with E-state index >= 15 is 0 Å². The maximum absolute atomic E-state index is 13.4. The van der Waals surface area contributed by atoms with E-state index in [1.165, 1.54) is 0 Å². The number of unbranched alkanes of at least 4 members (excludes halogenated alkanes) is 1. The van der Waals surface area contributed by atoms with Gasteiger partial charge in [-0.1, -0.05) is 101 Å². The Balaban J connectivity index is 1.39. The average molecular weight is 533 g/mol. The summed E-state index contributed by atoms with van der Waals surface area (Å²) in [6.45, 7) is 10.6. The summed E-state index contributed by atoms with van der Waals surface area (Å²) in [6, 6.07) is 19.1. The molecule has 8 nitrogen and oxygen atoms in total. The lowest BCUT2D eigenvalue weighted by Gasteiger charge is -2.31. The Bertz CT molecular complexity index is 1220. The predicted octanol–water partition coefficient (Wildman–Crippen LogP) is 6.15. The molecule has 1 amide bonds. The molecular weight excluding hydrogens is 492 g/mol. The van der Waals surface area contributed by atoms with Crippen molar-refractivity contribution in [3.63, 3.8) is 0 Å². The van der Waals surface area contributed by atoms with Crippen LogP contribution in [0.5, 0.6) is 0 Å². The molecule has 2 unspecified atom stereocenters. The van der Waals surface area contributed by atoms with Gasteiger partial charge in [0.25, 0.3) is 0 Å². The minimum Gasteiger partial charge on any atom is -0.444 e. The number of Topliss-reactive ketones (excluding diaryl/α,β-unsaturated/α-hetero) is 1. The van der Waals surface area contributed by atoms with Gasteiger partial charge in [0, 0.05) is 17.2 Å². The molecule has 5 atom stereocenters. The molecule has 2 aromatic carbocycles. The summed E-state index contributed by atoms with van der Waals surface area (Å²) in [5.74, 6) is -0.155. The third-order valence-corrected chi connectivity index (χ3v) is 7.09. The number of carbonyl (C=O) groups is 2. The summed E-state index contributed by atoms with van der Waals surface area (Å²) < 4.78 is 7.87. The first-order valence-electron chi connectivity index (χ1n) is 13.8. The number of aromatic nitrogens is 2. The van der Waals surface area contributed by atoms with Gasteiger partial charge in [0.05, 0.1) is 30.6 Å². The van der Waals surface area contributed by atoms with Gasteiger partial charge in [0.2, 0.25) is 12.0 Å². The van der Waals surface area contributed by atoms with Gasteiger partial charge in [-0.3, -0.25) is 9.63 Å². The second kappa shape index (κ2) is 12.6. The molecule has 0 saturated carbocycles. The fourth-order valence-electron chi connectivity index (χ4n) is 4.51. The maximum atomic E-state index is 13.4. The van der Waals surface area contributed by atoms with E-state index in [2.05, 4.69) is 17.2 Å². The van der Waals surface area contributed by atoms with Crippen molar-refractivity contribution in [1.82, 2.24) is 19.9 Å². The summed E-state index contributed by atoms with van der Waals surface area (Å²) in [4.78, 5) is 36.7. The Morgan fingerprint density at radius 3 is 2.38 bits per heavy atom. The minimum absolute atomic E-state index is 0.0693. The molecule has 2 heterocycles. The van der Waals surface area contributed by atoms with Gasteiger partial charge < -0.3 is 14.6 Å². The van der Waals surface area contributed by atoms with Gasteiger partial charge >= 0.3 is 6.09 Å². The van der Waals surface area contributed by atoms with Crippen LogP contribution in [0, 0.1) is 5.41 Å². The number of hydrogen-bond donors (Lipinski definition) is 1. The number of hydroxylamine groups is 2. The lowest BCUT2D eigenvalue weighted by atomic mass is 9.89. The highest BCUT2D eigenvalue weighted by Crippen LogP contribution is 2.35. The maximum Gasteiger partial charge on any atom is 0.408 e. The first-order valence-corrected chi connectivity index (χ1v) is 13.8. The number of benzene rings is 2. The number of ketones is 1. The quantitative estimate of drug-likeness (QED) is 0.281. The zero-order chi connectivity index (χ0) is 28.0.